The standard InChI is InChI=1S/C14H26F3N/c1-11(2)6-3-4-9-18-13-8-5-7-12(10-13)14(15,16)17/h11-13,18H,3-10H2,1-2H3. The fourth-order valence-electron chi connectivity index (χ4n) is 2.66. The van der Waals surface area contributed by atoms with Crippen LogP contribution in [0.2, 0.25) is 0 Å². The second-order valence-corrected chi connectivity index (χ2v) is 5.95. The van der Waals surface area contributed by atoms with E-state index in [1.165, 1.54) is 12.8 Å². The van der Waals surface area contributed by atoms with Crippen LogP contribution in [0.15, 0.2) is 0 Å². The molecule has 18 heavy (non-hydrogen) atoms. The molecule has 0 bridgehead atoms. The highest BCUT2D eigenvalue weighted by molar-refractivity contribution is 4.81. The van der Waals surface area contributed by atoms with Gasteiger partial charge in [-0.3, -0.25) is 0 Å². The monoisotopic (exact) mass is 265 g/mol. The Kier molecular flexibility index (Phi) is 6.47. The Bertz CT molecular complexity index is 226. The minimum Gasteiger partial charge on any atom is -0.314 e. The van der Waals surface area contributed by atoms with Crippen LogP contribution < -0.4 is 5.32 Å². The predicted molar refractivity (Wildman–Crippen MR) is 68.5 cm³/mol. The molecule has 0 radical (unpaired) electrons. The molecule has 1 fully saturated rings. The number of nitrogens with one attached hydrogen (secondary N) is 1. The zero-order valence-electron chi connectivity index (χ0n) is 11.5. The molecule has 4 heteroatoms. The van der Waals surface area contributed by atoms with Crippen molar-refractivity contribution in [1.29, 1.82) is 0 Å². The second-order valence-electron chi connectivity index (χ2n) is 5.95. The van der Waals surface area contributed by atoms with Gasteiger partial charge in [0, 0.05) is 6.04 Å². The van der Waals surface area contributed by atoms with E-state index in [9.17, 15) is 13.2 Å². The van der Waals surface area contributed by atoms with Crippen LogP contribution in [0.25, 0.3) is 0 Å². The Hall–Kier alpha value is -0.250. The van der Waals surface area contributed by atoms with Gasteiger partial charge >= 0.3 is 6.18 Å². The lowest BCUT2D eigenvalue weighted by Gasteiger charge is -2.31. The van der Waals surface area contributed by atoms with E-state index in [1.807, 2.05) is 0 Å². The number of halogens is 3. The topological polar surface area (TPSA) is 12.0 Å². The molecule has 1 N–H and O–H groups in total. The summed E-state index contributed by atoms with van der Waals surface area (Å²) in [4.78, 5) is 0. The SMILES string of the molecule is CC(C)CCCCNC1CCCC(C(F)(F)F)C1. The van der Waals surface area contributed by atoms with Gasteiger partial charge in [-0.25, -0.2) is 0 Å². The van der Waals surface area contributed by atoms with Crippen molar-refractivity contribution in [3.63, 3.8) is 0 Å². The molecule has 0 spiro atoms. The average Bonchev–Trinajstić information content (AvgIpc) is 2.27. The number of rotatable bonds is 6. The first kappa shape index (κ1) is 15.8. The van der Waals surface area contributed by atoms with E-state index in [1.54, 1.807) is 0 Å². The largest absolute Gasteiger partial charge is 0.391 e. The molecule has 0 aromatic carbocycles. The van der Waals surface area contributed by atoms with Crippen LogP contribution in [0.1, 0.15) is 58.8 Å². The van der Waals surface area contributed by atoms with Crippen molar-refractivity contribution in [3.8, 4) is 0 Å². The number of hydrogen-bond donors (Lipinski definition) is 1. The molecule has 0 aliphatic heterocycles. The third-order valence-corrected chi connectivity index (χ3v) is 3.78. The van der Waals surface area contributed by atoms with Crippen LogP contribution in [0.5, 0.6) is 0 Å². The van der Waals surface area contributed by atoms with Gasteiger partial charge in [-0.1, -0.05) is 33.1 Å². The van der Waals surface area contributed by atoms with Gasteiger partial charge in [0.2, 0.25) is 0 Å². The number of hydrogen-bond acceptors (Lipinski definition) is 1. The molecule has 0 heterocycles. The van der Waals surface area contributed by atoms with Gasteiger partial charge in [-0.05, 0) is 38.1 Å². The summed E-state index contributed by atoms with van der Waals surface area (Å²) in [6.45, 7) is 5.26. The molecule has 0 amide bonds. The minimum atomic E-state index is -4.00. The van der Waals surface area contributed by atoms with Crippen LogP contribution in [0, 0.1) is 11.8 Å². The Balaban J connectivity index is 2.15. The summed E-state index contributed by atoms with van der Waals surface area (Å²) in [6.07, 6.45) is 1.63. The summed E-state index contributed by atoms with van der Waals surface area (Å²) in [5.41, 5.74) is 0. The quantitative estimate of drug-likeness (QED) is 0.696. The summed E-state index contributed by atoms with van der Waals surface area (Å²) in [6, 6.07) is 0.0735. The molecule has 1 saturated carbocycles. The maximum absolute atomic E-state index is 12.6. The summed E-state index contributed by atoms with van der Waals surface area (Å²) >= 11 is 0. The van der Waals surface area contributed by atoms with Crippen molar-refractivity contribution in [2.75, 3.05) is 6.54 Å². The summed E-state index contributed by atoms with van der Waals surface area (Å²) < 4.78 is 37.9. The first-order valence-electron chi connectivity index (χ1n) is 7.19. The Morgan fingerprint density at radius 2 is 1.89 bits per heavy atom. The van der Waals surface area contributed by atoms with E-state index >= 15 is 0 Å². The predicted octanol–water partition coefficient (Wildman–Crippen LogP) is 4.52. The van der Waals surface area contributed by atoms with Gasteiger partial charge in [0.25, 0.3) is 0 Å². The molecular formula is C14H26F3N. The van der Waals surface area contributed by atoms with E-state index < -0.39 is 12.1 Å². The van der Waals surface area contributed by atoms with E-state index in [-0.39, 0.29) is 12.5 Å². The molecule has 1 rings (SSSR count). The van der Waals surface area contributed by atoms with Crippen LogP contribution in [0.4, 0.5) is 13.2 Å². The highest BCUT2D eigenvalue weighted by Gasteiger charge is 2.41. The Morgan fingerprint density at radius 1 is 1.17 bits per heavy atom. The number of unbranched alkanes of at least 4 members (excludes halogenated alkanes) is 1. The van der Waals surface area contributed by atoms with Gasteiger partial charge in [0.1, 0.15) is 0 Å². The molecular weight excluding hydrogens is 239 g/mol. The summed E-state index contributed by atoms with van der Waals surface area (Å²) in [7, 11) is 0. The lowest BCUT2D eigenvalue weighted by atomic mass is 9.85. The molecule has 0 aromatic rings. The highest BCUT2D eigenvalue weighted by Crippen LogP contribution is 2.37. The van der Waals surface area contributed by atoms with E-state index in [4.69, 9.17) is 0 Å². The molecule has 0 aromatic heterocycles. The third kappa shape index (κ3) is 6.07. The summed E-state index contributed by atoms with van der Waals surface area (Å²) in [5.74, 6) is -0.367. The molecule has 1 nitrogen and oxygen atoms in total. The normalized spacial score (nSPS) is 25.7. The molecule has 2 atom stereocenters. The maximum atomic E-state index is 12.6. The van der Waals surface area contributed by atoms with Crippen molar-refractivity contribution >= 4 is 0 Å². The molecule has 0 saturated heterocycles. The van der Waals surface area contributed by atoms with Crippen molar-refractivity contribution < 1.29 is 13.2 Å². The van der Waals surface area contributed by atoms with Crippen LogP contribution in [-0.2, 0) is 0 Å². The van der Waals surface area contributed by atoms with Crippen molar-refractivity contribution in [2.45, 2.75) is 71.0 Å². The molecule has 2 unspecified atom stereocenters. The Labute approximate surface area is 109 Å². The maximum Gasteiger partial charge on any atom is 0.391 e. The fraction of sp³-hybridized carbons (Fsp3) is 1.00. The van der Waals surface area contributed by atoms with Crippen LogP contribution in [0.3, 0.4) is 0 Å². The lowest BCUT2D eigenvalue weighted by molar-refractivity contribution is -0.183. The Morgan fingerprint density at radius 3 is 2.50 bits per heavy atom. The average molecular weight is 265 g/mol. The zero-order chi connectivity index (χ0) is 13.6. The van der Waals surface area contributed by atoms with E-state index in [0.29, 0.717) is 18.8 Å². The van der Waals surface area contributed by atoms with Crippen molar-refractivity contribution in [3.05, 3.63) is 0 Å². The summed E-state index contributed by atoms with van der Waals surface area (Å²) in [5, 5.41) is 3.30. The van der Waals surface area contributed by atoms with Gasteiger partial charge in [-0.2, -0.15) is 13.2 Å². The van der Waals surface area contributed by atoms with Crippen molar-refractivity contribution in [2.24, 2.45) is 11.8 Å². The fourth-order valence-corrected chi connectivity index (χ4v) is 2.66. The van der Waals surface area contributed by atoms with Crippen LogP contribution >= 0.6 is 0 Å². The molecule has 1 aliphatic carbocycles. The third-order valence-electron chi connectivity index (χ3n) is 3.78. The van der Waals surface area contributed by atoms with Gasteiger partial charge in [0.15, 0.2) is 0 Å². The van der Waals surface area contributed by atoms with E-state index in [2.05, 4.69) is 19.2 Å². The van der Waals surface area contributed by atoms with E-state index in [0.717, 1.165) is 19.4 Å². The first-order chi connectivity index (χ1) is 8.39. The van der Waals surface area contributed by atoms with Crippen LogP contribution in [-0.4, -0.2) is 18.8 Å². The lowest BCUT2D eigenvalue weighted by Crippen LogP contribution is -2.39. The van der Waals surface area contributed by atoms with Crippen molar-refractivity contribution in [1.82, 2.24) is 5.32 Å². The zero-order valence-corrected chi connectivity index (χ0v) is 11.5. The molecule has 108 valence electrons. The number of alkyl halides is 3. The molecule has 1 aliphatic rings. The second kappa shape index (κ2) is 7.37. The first-order valence-corrected chi connectivity index (χ1v) is 7.19. The van der Waals surface area contributed by atoms with Gasteiger partial charge in [-0.15, -0.1) is 0 Å². The minimum absolute atomic E-state index is 0.0735. The van der Waals surface area contributed by atoms with Gasteiger partial charge in [0.05, 0.1) is 5.92 Å². The smallest absolute Gasteiger partial charge is 0.314 e. The highest BCUT2D eigenvalue weighted by atomic mass is 19.4. The van der Waals surface area contributed by atoms with Gasteiger partial charge < -0.3 is 5.32 Å².